The summed E-state index contributed by atoms with van der Waals surface area (Å²) in [6, 6.07) is 21.3. The normalized spacial score (nSPS) is 12.5. The molecule has 0 spiro atoms. The third-order valence-electron chi connectivity index (χ3n) is 8.97. The fraction of sp³-hybridized carbons (Fsp3) is 0.452. The Balaban J connectivity index is 0.000000334. The average molecular weight is 842 g/mol. The third kappa shape index (κ3) is 9.40. The Kier molecular flexibility index (Phi) is 13.7. The molecule has 48 heavy (non-hydrogen) atoms. The summed E-state index contributed by atoms with van der Waals surface area (Å²) in [6.45, 7) is 21.7. The van der Waals surface area contributed by atoms with Crippen molar-refractivity contribution in [3.63, 3.8) is 0 Å². The van der Waals surface area contributed by atoms with E-state index in [1.54, 1.807) is 17.7 Å². The number of allylic oxidation sites excluding steroid dienone is 2. The van der Waals surface area contributed by atoms with Crippen molar-refractivity contribution in [2.24, 2.45) is 17.3 Å². The van der Waals surface area contributed by atoms with Crippen LogP contribution in [-0.2, 0) is 36.7 Å². The van der Waals surface area contributed by atoms with E-state index >= 15 is 0 Å². The number of aliphatic hydroxyl groups is 1. The van der Waals surface area contributed by atoms with Gasteiger partial charge in [-0.15, -0.1) is 40.5 Å². The molecule has 259 valence electrons. The fourth-order valence-corrected chi connectivity index (χ4v) is 7.51. The molecule has 4 nitrogen and oxygen atoms in total. The van der Waals surface area contributed by atoms with E-state index in [2.05, 4.69) is 101 Å². The molecule has 0 amide bonds. The summed E-state index contributed by atoms with van der Waals surface area (Å²) in [7, 11) is 0. The summed E-state index contributed by atoms with van der Waals surface area (Å²) < 4.78 is 2.42. The van der Waals surface area contributed by atoms with Gasteiger partial charge < -0.3 is 5.11 Å². The van der Waals surface area contributed by atoms with Gasteiger partial charge in [0.05, 0.1) is 11.3 Å². The maximum absolute atomic E-state index is 11.7. The van der Waals surface area contributed by atoms with Crippen molar-refractivity contribution in [1.29, 1.82) is 0 Å². The molecule has 2 aromatic heterocycles. The summed E-state index contributed by atoms with van der Waals surface area (Å²) in [4.78, 5) is 21.1. The number of ketones is 1. The molecule has 1 radical (unpaired) electrons. The predicted octanol–water partition coefficient (Wildman–Crippen LogP) is 12.2. The molecule has 0 aliphatic rings. The van der Waals surface area contributed by atoms with Gasteiger partial charge in [0.1, 0.15) is 6.33 Å². The van der Waals surface area contributed by atoms with Crippen molar-refractivity contribution in [3.8, 4) is 11.3 Å². The number of rotatable bonds is 9. The molecule has 0 aliphatic heterocycles. The Morgan fingerprint density at radius 2 is 1.52 bits per heavy atom. The van der Waals surface area contributed by atoms with Crippen molar-refractivity contribution < 1.29 is 30.0 Å². The van der Waals surface area contributed by atoms with Gasteiger partial charge >= 0.3 is 0 Å². The van der Waals surface area contributed by atoms with Crippen molar-refractivity contribution in [2.75, 3.05) is 0 Å². The van der Waals surface area contributed by atoms with E-state index in [0.29, 0.717) is 0 Å². The zero-order valence-corrected chi connectivity index (χ0v) is 33.7. The quantitative estimate of drug-likeness (QED) is 0.0912. The van der Waals surface area contributed by atoms with E-state index < -0.39 is 0 Å². The Bertz CT molecular complexity index is 1870. The van der Waals surface area contributed by atoms with Crippen molar-refractivity contribution in [3.05, 3.63) is 83.9 Å². The smallest absolute Gasteiger partial charge is 0.162 e. The summed E-state index contributed by atoms with van der Waals surface area (Å²) in [5.41, 5.74) is 6.04. The second kappa shape index (κ2) is 16.7. The monoisotopic (exact) mass is 842 g/mol. The van der Waals surface area contributed by atoms with Gasteiger partial charge in [-0.1, -0.05) is 111 Å². The number of nitrogens with zero attached hydrogens (tertiary/aromatic N) is 2. The number of aromatic nitrogens is 2. The second-order valence-corrected chi connectivity index (χ2v) is 16.0. The van der Waals surface area contributed by atoms with Crippen molar-refractivity contribution in [1.82, 2.24) is 9.97 Å². The zero-order chi connectivity index (χ0) is 34.5. The maximum Gasteiger partial charge on any atom is 0.162 e. The SMILES string of the molecule is CC(C)(C)Cc1ccc2c(c1)sc1c(-c3[c-]c4ccccc4c(C(C)(C)C)c3)ncnc12.CCC(CC)C(=O)/C=C(\O)C(CC)CC.[Ir]. The molecular weight excluding hydrogens is 789 g/mol. The van der Waals surface area contributed by atoms with Gasteiger partial charge in [0.25, 0.3) is 0 Å². The summed E-state index contributed by atoms with van der Waals surface area (Å²) in [5.74, 6) is 0.547. The maximum atomic E-state index is 11.7. The van der Waals surface area contributed by atoms with Gasteiger partial charge in [-0.2, -0.15) is 0 Å². The molecule has 0 saturated carbocycles. The van der Waals surface area contributed by atoms with Crippen LogP contribution in [-0.4, -0.2) is 20.9 Å². The summed E-state index contributed by atoms with van der Waals surface area (Å²) >= 11 is 1.80. The molecule has 6 heteroatoms. The van der Waals surface area contributed by atoms with Crippen LogP contribution in [0.2, 0.25) is 0 Å². The number of fused-ring (bicyclic) bond motifs is 4. The molecule has 2 heterocycles. The predicted molar refractivity (Wildman–Crippen MR) is 202 cm³/mol. The van der Waals surface area contributed by atoms with Crippen LogP contribution < -0.4 is 0 Å². The summed E-state index contributed by atoms with van der Waals surface area (Å²) in [5, 5.41) is 13.4. The minimum absolute atomic E-state index is 0. The van der Waals surface area contributed by atoms with E-state index in [-0.39, 0.29) is 54.3 Å². The van der Waals surface area contributed by atoms with Gasteiger partial charge in [0.15, 0.2) is 5.78 Å². The first-order valence-corrected chi connectivity index (χ1v) is 18.1. The van der Waals surface area contributed by atoms with Gasteiger partial charge in [-0.05, 0) is 54.6 Å². The second-order valence-electron chi connectivity index (χ2n) is 15.0. The van der Waals surface area contributed by atoms with Crippen LogP contribution in [0.15, 0.2) is 66.7 Å². The molecule has 5 rings (SSSR count). The molecule has 1 N–H and O–H groups in total. The number of hydrogen-bond donors (Lipinski definition) is 1. The van der Waals surface area contributed by atoms with E-state index in [1.165, 1.54) is 32.7 Å². The van der Waals surface area contributed by atoms with E-state index in [1.807, 2.05) is 27.7 Å². The molecule has 3 aromatic carbocycles. The van der Waals surface area contributed by atoms with E-state index in [4.69, 9.17) is 4.98 Å². The molecule has 0 aliphatic carbocycles. The minimum Gasteiger partial charge on any atom is -0.512 e. The number of benzene rings is 3. The molecule has 5 aromatic rings. The Labute approximate surface area is 305 Å². The number of hydrogen-bond acceptors (Lipinski definition) is 5. The summed E-state index contributed by atoms with van der Waals surface area (Å²) in [6.07, 6.45) is 7.67. The van der Waals surface area contributed by atoms with Crippen molar-refractivity contribution >= 4 is 48.2 Å². The largest absolute Gasteiger partial charge is 0.512 e. The Morgan fingerprint density at radius 3 is 2.12 bits per heavy atom. The molecule has 0 fully saturated rings. The third-order valence-corrected chi connectivity index (χ3v) is 10.1. The van der Waals surface area contributed by atoms with Crippen LogP contribution in [0.4, 0.5) is 0 Å². The minimum atomic E-state index is 0. The number of aliphatic hydroxyl groups excluding tert-OH is 1. The first-order valence-electron chi connectivity index (χ1n) is 17.3. The topological polar surface area (TPSA) is 63.1 Å². The van der Waals surface area contributed by atoms with E-state index in [9.17, 15) is 9.90 Å². The van der Waals surface area contributed by atoms with Crippen LogP contribution in [0.3, 0.4) is 0 Å². The van der Waals surface area contributed by atoms with Crippen LogP contribution in [0.25, 0.3) is 42.3 Å². The van der Waals surface area contributed by atoms with E-state index in [0.717, 1.165) is 59.0 Å². The molecule has 0 saturated heterocycles. The molecule has 0 bridgehead atoms. The average Bonchev–Trinajstić information content (AvgIpc) is 3.38. The van der Waals surface area contributed by atoms with Gasteiger partial charge in [0.2, 0.25) is 0 Å². The van der Waals surface area contributed by atoms with Crippen LogP contribution >= 0.6 is 11.3 Å². The molecule has 0 unspecified atom stereocenters. The first-order chi connectivity index (χ1) is 22.2. The Hall–Kier alpha value is -2.92. The van der Waals surface area contributed by atoms with Gasteiger partial charge in [0, 0.05) is 58.5 Å². The number of carbonyl (C=O) groups is 1. The van der Waals surface area contributed by atoms with Crippen molar-refractivity contribution in [2.45, 2.75) is 107 Å². The standard InChI is InChI=1S/C29H29N2S.C13H24O2.Ir/c1-28(2,3)16-18-11-12-22-24(13-18)32-27-25(30-17-31-26(22)27)20-14-19-9-7-8-10-21(19)23(15-20)29(4,5)6;1-5-10(6-2)12(14)9-13(15)11(7-3)8-4;/h7-13,15,17H,16H2,1-6H3;9-11,14H,5-8H2,1-4H3;/q-1;;/b;12-9-;. The number of carbonyl (C=O) groups excluding carboxylic acids is 1. The van der Waals surface area contributed by atoms with Crippen LogP contribution in [0.5, 0.6) is 0 Å². The Morgan fingerprint density at radius 1 is 0.875 bits per heavy atom. The van der Waals surface area contributed by atoms with Crippen LogP contribution in [0.1, 0.15) is 106 Å². The van der Waals surface area contributed by atoms with Gasteiger partial charge in [-0.25, -0.2) is 4.98 Å². The first kappa shape index (κ1) is 39.5. The number of thiophene rings is 1. The molecular formula is C42H53IrN2O2S-. The van der Waals surface area contributed by atoms with Gasteiger partial charge in [-0.3, -0.25) is 9.78 Å². The van der Waals surface area contributed by atoms with Crippen LogP contribution in [0, 0.1) is 23.3 Å². The zero-order valence-electron chi connectivity index (χ0n) is 30.5. The fourth-order valence-electron chi connectivity index (χ4n) is 6.29. The molecule has 0 atom stereocenters.